The summed E-state index contributed by atoms with van der Waals surface area (Å²) < 4.78 is 0.760. The molecule has 0 aromatic carbocycles. The Morgan fingerprint density at radius 3 is 2.50 bits per heavy atom. The van der Waals surface area contributed by atoms with E-state index >= 15 is 0 Å². The van der Waals surface area contributed by atoms with Gasteiger partial charge in [0.05, 0.1) is 9.21 Å². The number of hydrogen-bond donors (Lipinski definition) is 0. The molecule has 1 nitrogen and oxygen atoms in total. The first kappa shape index (κ1) is 14.1. The van der Waals surface area contributed by atoms with E-state index in [1.54, 1.807) is 0 Å². The van der Waals surface area contributed by atoms with Crippen LogP contribution in [-0.4, -0.2) is 5.78 Å². The smallest absolute Gasteiger partial charge is 0.178 e. The molecule has 100 valence electrons. The summed E-state index contributed by atoms with van der Waals surface area (Å²) in [6.07, 6.45) is 5.50. The maximum absolute atomic E-state index is 12.8. The van der Waals surface area contributed by atoms with Gasteiger partial charge in [-0.25, -0.2) is 0 Å². The zero-order chi connectivity index (χ0) is 13.3. The van der Waals surface area contributed by atoms with E-state index < -0.39 is 0 Å². The normalized spacial score (nSPS) is 18.5. The van der Waals surface area contributed by atoms with E-state index in [2.05, 4.69) is 13.8 Å². The first-order valence-corrected chi connectivity index (χ1v) is 7.95. The SMILES string of the molecule is Cc1cc(C(=O)C2(CC(C)C)CCCC2)sc1Cl. The fourth-order valence-corrected chi connectivity index (χ4v) is 4.45. The van der Waals surface area contributed by atoms with Crippen molar-refractivity contribution in [2.75, 3.05) is 0 Å². The van der Waals surface area contributed by atoms with E-state index in [4.69, 9.17) is 11.6 Å². The highest BCUT2D eigenvalue weighted by atomic mass is 35.5. The third-order valence-corrected chi connectivity index (χ3v) is 5.48. The van der Waals surface area contributed by atoms with E-state index in [-0.39, 0.29) is 5.41 Å². The molecule has 1 heterocycles. The molecule has 0 bridgehead atoms. The Hall–Kier alpha value is -0.340. The van der Waals surface area contributed by atoms with Crippen LogP contribution in [0.25, 0.3) is 0 Å². The van der Waals surface area contributed by atoms with Gasteiger partial charge in [-0.1, -0.05) is 38.3 Å². The Kier molecular flexibility index (Phi) is 4.18. The van der Waals surface area contributed by atoms with Crippen LogP contribution in [-0.2, 0) is 0 Å². The van der Waals surface area contributed by atoms with Crippen LogP contribution in [0, 0.1) is 18.3 Å². The molecule has 1 aromatic rings. The Balaban J connectivity index is 2.28. The Labute approximate surface area is 119 Å². The summed E-state index contributed by atoms with van der Waals surface area (Å²) in [6.45, 7) is 6.39. The third-order valence-electron chi connectivity index (χ3n) is 3.92. The summed E-state index contributed by atoms with van der Waals surface area (Å²) >= 11 is 7.55. The van der Waals surface area contributed by atoms with Gasteiger partial charge in [-0.2, -0.15) is 0 Å². The third kappa shape index (κ3) is 2.65. The Morgan fingerprint density at radius 1 is 1.44 bits per heavy atom. The Morgan fingerprint density at radius 2 is 2.06 bits per heavy atom. The standard InChI is InChI=1S/C15H21ClOS/c1-10(2)9-15(6-4-5-7-15)13(17)12-8-11(3)14(16)18-12/h8,10H,4-7,9H2,1-3H3. The lowest BCUT2D eigenvalue weighted by atomic mass is 9.74. The average molecular weight is 285 g/mol. The number of carbonyl (C=O) groups is 1. The minimum absolute atomic E-state index is 0.102. The van der Waals surface area contributed by atoms with Gasteiger partial charge in [0.15, 0.2) is 5.78 Å². The van der Waals surface area contributed by atoms with E-state index in [0.717, 1.165) is 34.0 Å². The second-order valence-corrected chi connectivity index (χ2v) is 7.64. The molecular weight excluding hydrogens is 264 g/mol. The molecule has 0 spiro atoms. The number of hydrogen-bond acceptors (Lipinski definition) is 2. The number of carbonyl (C=O) groups excluding carboxylic acids is 1. The maximum atomic E-state index is 12.8. The summed E-state index contributed by atoms with van der Waals surface area (Å²) in [5.41, 5.74) is 0.928. The number of Topliss-reactive ketones (excluding diaryl/α,β-unsaturated/α-hetero) is 1. The van der Waals surface area contributed by atoms with E-state index in [1.165, 1.54) is 24.2 Å². The van der Waals surface area contributed by atoms with Crippen LogP contribution >= 0.6 is 22.9 Å². The molecule has 1 aliphatic carbocycles. The zero-order valence-electron chi connectivity index (χ0n) is 11.4. The summed E-state index contributed by atoms with van der Waals surface area (Å²) in [7, 11) is 0. The lowest BCUT2D eigenvalue weighted by molar-refractivity contribution is 0.0764. The van der Waals surface area contributed by atoms with Gasteiger partial charge in [0.2, 0.25) is 0 Å². The molecule has 18 heavy (non-hydrogen) atoms. The van der Waals surface area contributed by atoms with E-state index in [9.17, 15) is 4.79 Å². The van der Waals surface area contributed by atoms with Gasteiger partial charge in [-0.15, -0.1) is 11.3 Å². The summed E-state index contributed by atoms with van der Waals surface area (Å²) in [4.78, 5) is 13.7. The quantitative estimate of drug-likeness (QED) is 0.667. The number of rotatable bonds is 4. The molecule has 2 rings (SSSR count). The van der Waals surface area contributed by atoms with Gasteiger partial charge in [0, 0.05) is 5.41 Å². The lowest BCUT2D eigenvalue weighted by Crippen LogP contribution is -2.29. The fourth-order valence-electron chi connectivity index (χ4n) is 3.19. The van der Waals surface area contributed by atoms with Crippen LogP contribution in [0.3, 0.4) is 0 Å². The average Bonchev–Trinajstić information content (AvgIpc) is 2.86. The minimum Gasteiger partial charge on any atom is -0.293 e. The van der Waals surface area contributed by atoms with Crippen LogP contribution in [0.5, 0.6) is 0 Å². The van der Waals surface area contributed by atoms with Crippen molar-refractivity contribution >= 4 is 28.7 Å². The van der Waals surface area contributed by atoms with Crippen LogP contribution in [0.2, 0.25) is 4.34 Å². The molecule has 0 saturated heterocycles. The lowest BCUT2D eigenvalue weighted by Gasteiger charge is -2.28. The van der Waals surface area contributed by atoms with Crippen molar-refractivity contribution in [3.63, 3.8) is 0 Å². The van der Waals surface area contributed by atoms with Crippen LogP contribution in [0.4, 0.5) is 0 Å². The highest BCUT2D eigenvalue weighted by Gasteiger charge is 2.42. The van der Waals surface area contributed by atoms with Crippen molar-refractivity contribution in [2.24, 2.45) is 11.3 Å². The van der Waals surface area contributed by atoms with Crippen molar-refractivity contribution < 1.29 is 4.79 Å². The van der Waals surface area contributed by atoms with Crippen molar-refractivity contribution in [2.45, 2.75) is 52.9 Å². The molecule has 3 heteroatoms. The van der Waals surface area contributed by atoms with Crippen molar-refractivity contribution in [1.82, 2.24) is 0 Å². The zero-order valence-corrected chi connectivity index (χ0v) is 13.0. The van der Waals surface area contributed by atoms with E-state index in [0.29, 0.717) is 11.7 Å². The first-order chi connectivity index (χ1) is 8.44. The molecule has 1 saturated carbocycles. The predicted octanol–water partition coefficient (Wildman–Crippen LogP) is 5.50. The maximum Gasteiger partial charge on any atom is 0.178 e. The number of halogens is 1. The fraction of sp³-hybridized carbons (Fsp3) is 0.667. The number of aryl methyl sites for hydroxylation is 1. The molecule has 0 radical (unpaired) electrons. The Bertz CT molecular complexity index is 422. The predicted molar refractivity (Wildman–Crippen MR) is 78.8 cm³/mol. The molecule has 0 amide bonds. The summed E-state index contributed by atoms with van der Waals surface area (Å²) in [6, 6.07) is 1.97. The molecule has 1 aromatic heterocycles. The molecular formula is C15H21ClOS. The van der Waals surface area contributed by atoms with Crippen LogP contribution < -0.4 is 0 Å². The molecule has 1 fully saturated rings. The van der Waals surface area contributed by atoms with Crippen molar-refractivity contribution in [3.05, 3.63) is 20.8 Å². The first-order valence-electron chi connectivity index (χ1n) is 6.75. The number of ketones is 1. The minimum atomic E-state index is -0.102. The highest BCUT2D eigenvalue weighted by Crippen LogP contribution is 2.47. The van der Waals surface area contributed by atoms with E-state index in [1.807, 2.05) is 13.0 Å². The molecule has 1 aliphatic rings. The van der Waals surface area contributed by atoms with Gasteiger partial charge in [-0.05, 0) is 43.7 Å². The molecule has 0 aliphatic heterocycles. The van der Waals surface area contributed by atoms with Crippen molar-refractivity contribution in [3.8, 4) is 0 Å². The monoisotopic (exact) mass is 284 g/mol. The highest BCUT2D eigenvalue weighted by molar-refractivity contribution is 7.18. The van der Waals surface area contributed by atoms with Gasteiger partial charge in [0.1, 0.15) is 0 Å². The number of thiophene rings is 1. The van der Waals surface area contributed by atoms with Crippen LogP contribution in [0.15, 0.2) is 6.07 Å². The molecule has 0 unspecified atom stereocenters. The summed E-state index contributed by atoms with van der Waals surface area (Å²) in [5.74, 6) is 0.914. The van der Waals surface area contributed by atoms with Gasteiger partial charge < -0.3 is 0 Å². The second-order valence-electron chi connectivity index (χ2n) is 5.98. The van der Waals surface area contributed by atoms with Gasteiger partial charge in [-0.3, -0.25) is 4.79 Å². The molecule has 0 N–H and O–H groups in total. The van der Waals surface area contributed by atoms with Crippen molar-refractivity contribution in [1.29, 1.82) is 0 Å². The van der Waals surface area contributed by atoms with Crippen LogP contribution in [0.1, 0.15) is 61.2 Å². The second kappa shape index (κ2) is 5.34. The largest absolute Gasteiger partial charge is 0.293 e. The van der Waals surface area contributed by atoms with Gasteiger partial charge in [0.25, 0.3) is 0 Å². The van der Waals surface area contributed by atoms with Gasteiger partial charge >= 0.3 is 0 Å². The molecule has 0 atom stereocenters. The summed E-state index contributed by atoms with van der Waals surface area (Å²) in [5, 5.41) is 0. The topological polar surface area (TPSA) is 17.1 Å².